The molecule has 30 heavy (non-hydrogen) atoms. The van der Waals surface area contributed by atoms with Crippen LogP contribution in [0, 0.1) is 13.8 Å². The fraction of sp³-hybridized carbons (Fsp3) is 0.478. The van der Waals surface area contributed by atoms with Crippen molar-refractivity contribution in [3.8, 4) is 0 Å². The van der Waals surface area contributed by atoms with Crippen molar-refractivity contribution in [1.29, 1.82) is 0 Å². The molecule has 3 heterocycles. The second-order valence-corrected chi connectivity index (χ2v) is 8.18. The summed E-state index contributed by atoms with van der Waals surface area (Å²) in [5.41, 5.74) is 4.38. The van der Waals surface area contributed by atoms with Gasteiger partial charge in [0.05, 0.1) is 0 Å². The molecule has 2 aromatic heterocycles. The summed E-state index contributed by atoms with van der Waals surface area (Å²) in [7, 11) is 0. The average Bonchev–Trinajstić information content (AvgIpc) is 3.22. The fourth-order valence-corrected chi connectivity index (χ4v) is 4.36. The molecular formula is C23H30N6O. The van der Waals surface area contributed by atoms with Crippen molar-refractivity contribution >= 4 is 11.7 Å². The van der Waals surface area contributed by atoms with E-state index >= 15 is 0 Å². The lowest BCUT2D eigenvalue weighted by molar-refractivity contribution is -0.122. The van der Waals surface area contributed by atoms with E-state index < -0.39 is 0 Å². The van der Waals surface area contributed by atoms with Crippen LogP contribution >= 0.6 is 0 Å². The Bertz CT molecular complexity index is 1000. The Labute approximate surface area is 177 Å². The third-order valence-corrected chi connectivity index (χ3v) is 6.02. The quantitative estimate of drug-likeness (QED) is 0.652. The van der Waals surface area contributed by atoms with E-state index in [0.717, 1.165) is 55.8 Å². The van der Waals surface area contributed by atoms with Crippen LogP contribution in [0.25, 0.3) is 5.78 Å². The highest BCUT2D eigenvalue weighted by atomic mass is 16.1. The summed E-state index contributed by atoms with van der Waals surface area (Å²) in [4.78, 5) is 23.7. The molecule has 0 spiro atoms. The molecule has 0 unspecified atom stereocenters. The standard InChI is InChI=1S/C23H30N6O/c1-17-21(18(2)29-23(26-17)24-16-25-29)10-11-22(30)27-20-9-6-13-28(15-20)14-12-19-7-4-3-5-8-19/h3-5,7-8,16,20H,6,9-15H2,1-2H3,(H,27,30)/t20-/m0/s1. The van der Waals surface area contributed by atoms with Crippen LogP contribution in [0.5, 0.6) is 0 Å². The normalized spacial score (nSPS) is 17.3. The van der Waals surface area contributed by atoms with E-state index in [-0.39, 0.29) is 11.9 Å². The van der Waals surface area contributed by atoms with E-state index in [1.807, 2.05) is 13.8 Å². The summed E-state index contributed by atoms with van der Waals surface area (Å²) in [5, 5.41) is 7.48. The average molecular weight is 407 g/mol. The van der Waals surface area contributed by atoms with E-state index in [2.05, 4.69) is 55.6 Å². The predicted molar refractivity (Wildman–Crippen MR) is 116 cm³/mol. The summed E-state index contributed by atoms with van der Waals surface area (Å²) in [6.07, 6.45) is 5.87. The van der Waals surface area contributed by atoms with Gasteiger partial charge in [-0.15, -0.1) is 0 Å². The van der Waals surface area contributed by atoms with Crippen LogP contribution in [0.3, 0.4) is 0 Å². The molecule has 1 aromatic carbocycles. The number of piperidine rings is 1. The predicted octanol–water partition coefficient (Wildman–Crippen LogP) is 2.50. The highest BCUT2D eigenvalue weighted by Crippen LogP contribution is 2.16. The lowest BCUT2D eigenvalue weighted by Crippen LogP contribution is -2.48. The first-order valence-electron chi connectivity index (χ1n) is 10.8. The molecule has 1 atom stereocenters. The summed E-state index contributed by atoms with van der Waals surface area (Å²) < 4.78 is 1.74. The number of nitrogens with one attached hydrogen (secondary N) is 1. The van der Waals surface area contributed by atoms with Crippen LogP contribution in [0.4, 0.5) is 0 Å². The second-order valence-electron chi connectivity index (χ2n) is 8.18. The van der Waals surface area contributed by atoms with E-state index in [9.17, 15) is 4.79 Å². The minimum atomic E-state index is 0.113. The molecule has 3 aromatic rings. The summed E-state index contributed by atoms with van der Waals surface area (Å²) in [5.74, 6) is 0.721. The van der Waals surface area contributed by atoms with Crippen LogP contribution in [-0.4, -0.2) is 56.1 Å². The van der Waals surface area contributed by atoms with Gasteiger partial charge in [0.25, 0.3) is 5.78 Å². The lowest BCUT2D eigenvalue weighted by Gasteiger charge is -2.33. The summed E-state index contributed by atoms with van der Waals surface area (Å²) >= 11 is 0. The van der Waals surface area contributed by atoms with E-state index in [1.54, 1.807) is 4.52 Å². The van der Waals surface area contributed by atoms with Gasteiger partial charge < -0.3 is 10.2 Å². The number of aromatic nitrogens is 4. The number of hydrogen-bond donors (Lipinski definition) is 1. The molecule has 7 heteroatoms. The molecule has 1 N–H and O–H groups in total. The zero-order chi connectivity index (χ0) is 20.9. The number of rotatable bonds is 7. The summed E-state index contributed by atoms with van der Waals surface area (Å²) in [6.45, 7) is 7.07. The van der Waals surface area contributed by atoms with Gasteiger partial charge in [0.15, 0.2) is 0 Å². The minimum absolute atomic E-state index is 0.113. The number of aryl methyl sites for hydroxylation is 2. The molecule has 1 aliphatic heterocycles. The van der Waals surface area contributed by atoms with Crippen LogP contribution in [-0.2, 0) is 17.6 Å². The van der Waals surface area contributed by atoms with Gasteiger partial charge in [0, 0.05) is 36.9 Å². The molecule has 0 aliphatic carbocycles. The molecule has 7 nitrogen and oxygen atoms in total. The number of likely N-dealkylation sites (tertiary alicyclic amines) is 1. The molecule has 1 fully saturated rings. The first-order valence-corrected chi connectivity index (χ1v) is 10.8. The van der Waals surface area contributed by atoms with Gasteiger partial charge in [-0.05, 0) is 57.2 Å². The highest BCUT2D eigenvalue weighted by Gasteiger charge is 2.21. The Kier molecular flexibility index (Phi) is 6.38. The van der Waals surface area contributed by atoms with Gasteiger partial charge in [0.2, 0.25) is 5.91 Å². The van der Waals surface area contributed by atoms with Gasteiger partial charge in [-0.25, -0.2) is 9.50 Å². The number of carbonyl (C=O) groups excluding carboxylic acids is 1. The first kappa shape index (κ1) is 20.5. The summed E-state index contributed by atoms with van der Waals surface area (Å²) in [6, 6.07) is 10.8. The molecule has 4 rings (SSSR count). The molecule has 1 saturated heterocycles. The van der Waals surface area contributed by atoms with Crippen molar-refractivity contribution in [2.75, 3.05) is 19.6 Å². The van der Waals surface area contributed by atoms with Gasteiger partial charge >= 0.3 is 0 Å². The Morgan fingerprint density at radius 1 is 1.20 bits per heavy atom. The van der Waals surface area contributed by atoms with Crippen LogP contribution in [0.15, 0.2) is 36.7 Å². The topological polar surface area (TPSA) is 75.4 Å². The number of hydrogen-bond acceptors (Lipinski definition) is 5. The van der Waals surface area contributed by atoms with Crippen molar-refractivity contribution in [2.24, 2.45) is 0 Å². The molecule has 1 aliphatic rings. The smallest absolute Gasteiger partial charge is 0.252 e. The Morgan fingerprint density at radius 3 is 2.87 bits per heavy atom. The third-order valence-electron chi connectivity index (χ3n) is 6.02. The fourth-order valence-electron chi connectivity index (χ4n) is 4.36. The van der Waals surface area contributed by atoms with E-state index in [1.165, 1.54) is 11.9 Å². The van der Waals surface area contributed by atoms with E-state index in [0.29, 0.717) is 18.6 Å². The highest BCUT2D eigenvalue weighted by molar-refractivity contribution is 5.76. The van der Waals surface area contributed by atoms with Crippen molar-refractivity contribution in [3.05, 3.63) is 59.2 Å². The van der Waals surface area contributed by atoms with Gasteiger partial charge in [-0.2, -0.15) is 10.1 Å². The van der Waals surface area contributed by atoms with Crippen LogP contribution in [0.1, 0.15) is 41.8 Å². The Hall–Kier alpha value is -2.80. The maximum Gasteiger partial charge on any atom is 0.252 e. The zero-order valence-electron chi connectivity index (χ0n) is 17.8. The number of fused-ring (bicyclic) bond motifs is 1. The number of amides is 1. The SMILES string of the molecule is Cc1nc2ncnn2c(C)c1CCC(=O)N[C@H]1CCCN(CCc2ccccc2)C1. The first-order chi connectivity index (χ1) is 14.6. The molecule has 158 valence electrons. The minimum Gasteiger partial charge on any atom is -0.352 e. The molecule has 0 bridgehead atoms. The number of nitrogens with zero attached hydrogens (tertiary/aromatic N) is 5. The maximum atomic E-state index is 12.6. The molecule has 0 radical (unpaired) electrons. The lowest BCUT2D eigenvalue weighted by atomic mass is 10.0. The maximum absolute atomic E-state index is 12.6. The largest absolute Gasteiger partial charge is 0.352 e. The van der Waals surface area contributed by atoms with E-state index in [4.69, 9.17) is 0 Å². The van der Waals surface area contributed by atoms with Crippen molar-refractivity contribution in [1.82, 2.24) is 29.8 Å². The van der Waals surface area contributed by atoms with Gasteiger partial charge in [0.1, 0.15) is 6.33 Å². The second kappa shape index (κ2) is 9.34. The number of benzene rings is 1. The molecule has 1 amide bonds. The Balaban J connectivity index is 1.27. The van der Waals surface area contributed by atoms with Crippen molar-refractivity contribution < 1.29 is 4.79 Å². The zero-order valence-corrected chi connectivity index (χ0v) is 17.8. The monoisotopic (exact) mass is 406 g/mol. The molecular weight excluding hydrogens is 376 g/mol. The van der Waals surface area contributed by atoms with Crippen molar-refractivity contribution in [2.45, 2.75) is 52.0 Å². The van der Waals surface area contributed by atoms with Crippen molar-refractivity contribution in [3.63, 3.8) is 0 Å². The third kappa shape index (κ3) is 4.84. The number of carbonyl (C=O) groups is 1. The molecule has 0 saturated carbocycles. The van der Waals surface area contributed by atoms with Gasteiger partial charge in [-0.1, -0.05) is 30.3 Å². The van der Waals surface area contributed by atoms with Crippen LogP contribution in [0.2, 0.25) is 0 Å². The van der Waals surface area contributed by atoms with Crippen LogP contribution < -0.4 is 5.32 Å². The Morgan fingerprint density at radius 2 is 2.03 bits per heavy atom. The van der Waals surface area contributed by atoms with Gasteiger partial charge in [-0.3, -0.25) is 4.79 Å².